The van der Waals surface area contributed by atoms with Crippen molar-refractivity contribution in [2.24, 2.45) is 0 Å². The summed E-state index contributed by atoms with van der Waals surface area (Å²) in [7, 11) is 0. The molecule has 0 saturated heterocycles. The fraction of sp³-hybridized carbons (Fsp3) is 0.182. The molecule has 2 aromatic heterocycles. The van der Waals surface area contributed by atoms with Gasteiger partial charge in [0.15, 0.2) is 5.65 Å². The molecule has 0 unspecified atom stereocenters. The molecule has 11 heteroatoms. The van der Waals surface area contributed by atoms with Crippen LogP contribution in [0.25, 0.3) is 11.0 Å². The van der Waals surface area contributed by atoms with Crippen molar-refractivity contribution in [2.75, 3.05) is 11.9 Å². The second kappa shape index (κ2) is 9.39. The van der Waals surface area contributed by atoms with Gasteiger partial charge in [0.2, 0.25) is 0 Å². The molecule has 1 amide bonds. The van der Waals surface area contributed by atoms with Crippen LogP contribution in [0.3, 0.4) is 0 Å². The van der Waals surface area contributed by atoms with Crippen LogP contribution in [0, 0.1) is 22.9 Å². The SMILES string of the molecule is Cc1ccc(C(=O)NCCn2ncc3c(NCc4ccc(F)cc4)ncnc32)cc1[N+](=O)[O-]. The minimum atomic E-state index is -0.511. The first kappa shape index (κ1) is 21.8. The molecule has 0 saturated carbocycles. The summed E-state index contributed by atoms with van der Waals surface area (Å²) in [5.74, 6) is -0.116. The Labute approximate surface area is 187 Å². The average molecular weight is 449 g/mol. The van der Waals surface area contributed by atoms with Crippen LogP contribution in [0.4, 0.5) is 15.9 Å². The zero-order valence-electron chi connectivity index (χ0n) is 17.7. The van der Waals surface area contributed by atoms with E-state index in [1.165, 1.54) is 24.5 Å². The van der Waals surface area contributed by atoms with E-state index < -0.39 is 10.8 Å². The number of nitrogens with zero attached hydrogens (tertiary/aromatic N) is 5. The Morgan fingerprint density at radius 1 is 1.18 bits per heavy atom. The second-order valence-electron chi connectivity index (χ2n) is 7.32. The Hall–Kier alpha value is -4.41. The van der Waals surface area contributed by atoms with Gasteiger partial charge in [0.25, 0.3) is 11.6 Å². The van der Waals surface area contributed by atoms with E-state index in [0.717, 1.165) is 5.56 Å². The number of aromatic nitrogens is 4. The number of halogens is 1. The number of rotatable bonds is 8. The molecule has 0 bridgehead atoms. The van der Waals surface area contributed by atoms with Gasteiger partial charge in [-0.2, -0.15) is 5.10 Å². The number of aryl methyl sites for hydroxylation is 1. The van der Waals surface area contributed by atoms with Gasteiger partial charge in [-0.15, -0.1) is 0 Å². The number of anilines is 1. The van der Waals surface area contributed by atoms with Gasteiger partial charge in [-0.1, -0.05) is 18.2 Å². The Morgan fingerprint density at radius 2 is 1.97 bits per heavy atom. The van der Waals surface area contributed by atoms with Crippen molar-refractivity contribution in [2.45, 2.75) is 20.0 Å². The molecule has 33 heavy (non-hydrogen) atoms. The number of nitro benzene ring substituents is 1. The first-order chi connectivity index (χ1) is 15.9. The molecule has 0 spiro atoms. The van der Waals surface area contributed by atoms with Crippen molar-refractivity contribution in [1.29, 1.82) is 0 Å². The molecule has 2 N–H and O–H groups in total. The topological polar surface area (TPSA) is 128 Å². The lowest BCUT2D eigenvalue weighted by atomic mass is 10.1. The van der Waals surface area contributed by atoms with E-state index >= 15 is 0 Å². The number of carbonyl (C=O) groups is 1. The molecule has 0 aliphatic rings. The van der Waals surface area contributed by atoms with Crippen molar-refractivity contribution in [3.8, 4) is 0 Å². The van der Waals surface area contributed by atoms with Gasteiger partial charge in [-0.25, -0.2) is 19.0 Å². The Bertz CT molecular complexity index is 1320. The maximum atomic E-state index is 13.1. The molecule has 0 radical (unpaired) electrons. The smallest absolute Gasteiger partial charge is 0.273 e. The number of carbonyl (C=O) groups excluding carboxylic acids is 1. The molecule has 2 heterocycles. The van der Waals surface area contributed by atoms with Crippen molar-refractivity contribution in [1.82, 2.24) is 25.1 Å². The lowest BCUT2D eigenvalue weighted by Crippen LogP contribution is -2.27. The number of hydrogen-bond acceptors (Lipinski definition) is 7. The summed E-state index contributed by atoms with van der Waals surface area (Å²) in [6.45, 7) is 2.67. The van der Waals surface area contributed by atoms with Gasteiger partial charge < -0.3 is 10.6 Å². The molecule has 0 aliphatic heterocycles. The standard InChI is InChI=1S/C22H20FN7O3/c1-14-2-5-16(10-19(14)30(32)33)22(31)24-8-9-29-21-18(12-28-29)20(26-13-27-21)25-11-15-3-6-17(23)7-4-15/h2-7,10,12-13H,8-9,11H2,1H3,(H,24,31)(H,25,26,27). The second-order valence-corrected chi connectivity index (χ2v) is 7.32. The highest BCUT2D eigenvalue weighted by atomic mass is 19.1. The molecule has 168 valence electrons. The highest BCUT2D eigenvalue weighted by Crippen LogP contribution is 2.20. The largest absolute Gasteiger partial charge is 0.365 e. The molecular formula is C22H20FN7O3. The molecule has 4 rings (SSSR count). The number of amides is 1. The lowest BCUT2D eigenvalue weighted by Gasteiger charge is -2.08. The third kappa shape index (κ3) is 4.92. The quantitative estimate of drug-likeness (QED) is 0.312. The number of nitro groups is 1. The first-order valence-electron chi connectivity index (χ1n) is 10.1. The van der Waals surface area contributed by atoms with E-state index in [-0.39, 0.29) is 23.6 Å². The highest BCUT2D eigenvalue weighted by Gasteiger charge is 2.15. The van der Waals surface area contributed by atoms with Crippen LogP contribution in [0.2, 0.25) is 0 Å². The third-order valence-electron chi connectivity index (χ3n) is 5.08. The van der Waals surface area contributed by atoms with Gasteiger partial charge in [-0.3, -0.25) is 14.9 Å². The average Bonchev–Trinajstić information content (AvgIpc) is 3.22. The summed E-state index contributed by atoms with van der Waals surface area (Å²) in [4.78, 5) is 31.5. The van der Waals surface area contributed by atoms with Gasteiger partial charge >= 0.3 is 0 Å². The fourth-order valence-electron chi connectivity index (χ4n) is 3.31. The summed E-state index contributed by atoms with van der Waals surface area (Å²) in [5, 5.41) is 22.1. The summed E-state index contributed by atoms with van der Waals surface area (Å²) in [6, 6.07) is 10.5. The van der Waals surface area contributed by atoms with Crippen LogP contribution in [0.5, 0.6) is 0 Å². The molecule has 10 nitrogen and oxygen atoms in total. The van der Waals surface area contributed by atoms with Crippen LogP contribution in [0.15, 0.2) is 55.0 Å². The Kier molecular flexibility index (Phi) is 6.20. The fourth-order valence-corrected chi connectivity index (χ4v) is 3.31. The maximum absolute atomic E-state index is 13.1. The van der Waals surface area contributed by atoms with Crippen LogP contribution < -0.4 is 10.6 Å². The normalized spacial score (nSPS) is 10.8. The van der Waals surface area contributed by atoms with Gasteiger partial charge in [0, 0.05) is 30.3 Å². The van der Waals surface area contributed by atoms with Crippen molar-refractivity contribution >= 4 is 28.4 Å². The molecular weight excluding hydrogens is 429 g/mol. The zero-order valence-corrected chi connectivity index (χ0v) is 17.7. The maximum Gasteiger partial charge on any atom is 0.273 e. The van der Waals surface area contributed by atoms with E-state index in [1.807, 2.05) is 0 Å². The van der Waals surface area contributed by atoms with E-state index in [2.05, 4.69) is 25.7 Å². The number of benzene rings is 2. The van der Waals surface area contributed by atoms with Crippen molar-refractivity contribution < 1.29 is 14.1 Å². The minimum absolute atomic E-state index is 0.0990. The summed E-state index contributed by atoms with van der Waals surface area (Å²) in [6.07, 6.45) is 3.05. The van der Waals surface area contributed by atoms with Gasteiger partial charge in [0.1, 0.15) is 18.0 Å². The van der Waals surface area contributed by atoms with Crippen molar-refractivity contribution in [3.63, 3.8) is 0 Å². The molecule has 2 aromatic carbocycles. The third-order valence-corrected chi connectivity index (χ3v) is 5.08. The first-order valence-corrected chi connectivity index (χ1v) is 10.1. The number of fused-ring (bicyclic) bond motifs is 1. The number of hydrogen-bond donors (Lipinski definition) is 2. The molecule has 0 fully saturated rings. The molecule has 0 atom stereocenters. The van der Waals surface area contributed by atoms with E-state index in [0.29, 0.717) is 35.5 Å². The highest BCUT2D eigenvalue weighted by molar-refractivity contribution is 5.95. The van der Waals surface area contributed by atoms with E-state index in [1.54, 1.807) is 42.1 Å². The summed E-state index contributed by atoms with van der Waals surface area (Å²) >= 11 is 0. The van der Waals surface area contributed by atoms with Gasteiger partial charge in [0.05, 0.1) is 23.1 Å². The monoisotopic (exact) mass is 449 g/mol. The molecule has 4 aromatic rings. The predicted molar refractivity (Wildman–Crippen MR) is 119 cm³/mol. The minimum Gasteiger partial charge on any atom is -0.365 e. The lowest BCUT2D eigenvalue weighted by molar-refractivity contribution is -0.385. The summed E-state index contributed by atoms with van der Waals surface area (Å²) in [5.41, 5.74) is 2.09. The Morgan fingerprint density at radius 3 is 2.73 bits per heavy atom. The molecule has 0 aliphatic carbocycles. The van der Waals surface area contributed by atoms with Crippen LogP contribution in [0.1, 0.15) is 21.5 Å². The van der Waals surface area contributed by atoms with Gasteiger partial charge in [-0.05, 0) is 30.7 Å². The van der Waals surface area contributed by atoms with Crippen LogP contribution >= 0.6 is 0 Å². The summed E-state index contributed by atoms with van der Waals surface area (Å²) < 4.78 is 14.7. The van der Waals surface area contributed by atoms with E-state index in [4.69, 9.17) is 0 Å². The Balaban J connectivity index is 1.40. The number of nitrogens with one attached hydrogen (secondary N) is 2. The van der Waals surface area contributed by atoms with Crippen LogP contribution in [-0.4, -0.2) is 37.1 Å². The van der Waals surface area contributed by atoms with Crippen molar-refractivity contribution in [3.05, 3.63) is 87.6 Å². The van der Waals surface area contributed by atoms with E-state index in [9.17, 15) is 19.3 Å². The van der Waals surface area contributed by atoms with Crippen LogP contribution in [-0.2, 0) is 13.1 Å². The zero-order chi connectivity index (χ0) is 23.4. The predicted octanol–water partition coefficient (Wildman–Crippen LogP) is 3.22.